The van der Waals surface area contributed by atoms with Gasteiger partial charge in [0.25, 0.3) is 0 Å². The molecule has 1 heterocycles. The van der Waals surface area contributed by atoms with E-state index in [1.165, 1.54) is 27.4 Å². The van der Waals surface area contributed by atoms with Gasteiger partial charge in [0.05, 0.1) is 10.7 Å². The Morgan fingerprint density at radius 3 is 2.56 bits per heavy atom. The number of alkyl halides is 1. The van der Waals surface area contributed by atoms with E-state index in [-0.39, 0.29) is 0 Å². The molecule has 3 heteroatoms. The van der Waals surface area contributed by atoms with Gasteiger partial charge in [-0.15, -0.1) is 22.9 Å². The molecule has 0 fully saturated rings. The molecule has 0 saturated carbocycles. The predicted octanol–water partition coefficient (Wildman–Crippen LogP) is 4.52. The van der Waals surface area contributed by atoms with Crippen LogP contribution in [0.2, 0.25) is 0 Å². The highest BCUT2D eigenvalue weighted by molar-refractivity contribution is 7.09. The predicted molar refractivity (Wildman–Crippen MR) is 79.9 cm³/mol. The van der Waals surface area contributed by atoms with E-state index in [9.17, 15) is 0 Å². The number of aryl methyl sites for hydroxylation is 3. The van der Waals surface area contributed by atoms with Crippen LogP contribution in [0.25, 0.3) is 0 Å². The maximum atomic E-state index is 5.70. The van der Waals surface area contributed by atoms with Gasteiger partial charge in [-0.1, -0.05) is 29.3 Å². The first-order chi connectivity index (χ1) is 8.67. The van der Waals surface area contributed by atoms with Crippen LogP contribution in [-0.2, 0) is 12.8 Å². The molecule has 96 valence electrons. The molecule has 0 unspecified atom stereocenters. The Morgan fingerprint density at radius 1 is 1.17 bits per heavy atom. The van der Waals surface area contributed by atoms with Crippen LogP contribution >= 0.6 is 22.9 Å². The third kappa shape index (κ3) is 3.82. The molecule has 0 aliphatic rings. The topological polar surface area (TPSA) is 12.9 Å². The molecule has 0 amide bonds. The molecule has 0 bridgehead atoms. The summed E-state index contributed by atoms with van der Waals surface area (Å²) in [6, 6.07) is 6.69. The van der Waals surface area contributed by atoms with Gasteiger partial charge in [-0.2, -0.15) is 0 Å². The van der Waals surface area contributed by atoms with Gasteiger partial charge in [-0.3, -0.25) is 0 Å². The fraction of sp³-hybridized carbons (Fsp3) is 0.400. The zero-order chi connectivity index (χ0) is 13.0. The van der Waals surface area contributed by atoms with Crippen molar-refractivity contribution in [1.29, 1.82) is 0 Å². The van der Waals surface area contributed by atoms with Crippen molar-refractivity contribution in [2.45, 2.75) is 33.1 Å². The van der Waals surface area contributed by atoms with Crippen molar-refractivity contribution < 1.29 is 0 Å². The quantitative estimate of drug-likeness (QED) is 0.733. The summed E-state index contributed by atoms with van der Waals surface area (Å²) in [4.78, 5) is 4.66. The molecule has 0 aliphatic carbocycles. The second-order valence-electron chi connectivity index (χ2n) is 4.70. The van der Waals surface area contributed by atoms with Gasteiger partial charge in [0, 0.05) is 17.7 Å². The Hall–Kier alpha value is -0.860. The number of benzene rings is 1. The Bertz CT molecular complexity index is 499. The van der Waals surface area contributed by atoms with Crippen molar-refractivity contribution in [2.24, 2.45) is 0 Å². The fourth-order valence-corrected chi connectivity index (χ4v) is 3.13. The summed E-state index contributed by atoms with van der Waals surface area (Å²) in [7, 11) is 0. The Balaban J connectivity index is 2.06. The summed E-state index contributed by atoms with van der Waals surface area (Å²) in [5.41, 5.74) is 5.18. The molecular formula is C15H18ClNS. The Kier molecular flexibility index (Phi) is 4.79. The lowest BCUT2D eigenvalue weighted by Gasteiger charge is -2.02. The van der Waals surface area contributed by atoms with Crippen molar-refractivity contribution in [3.63, 3.8) is 0 Å². The van der Waals surface area contributed by atoms with Crippen LogP contribution < -0.4 is 0 Å². The first-order valence-electron chi connectivity index (χ1n) is 6.24. The molecule has 2 rings (SSSR count). The molecule has 0 spiro atoms. The summed E-state index contributed by atoms with van der Waals surface area (Å²) in [6.07, 6.45) is 2.94. The van der Waals surface area contributed by atoms with E-state index in [1.54, 1.807) is 11.3 Å². The van der Waals surface area contributed by atoms with Crippen LogP contribution in [0.4, 0.5) is 0 Å². The third-order valence-corrected chi connectivity index (χ3v) is 3.97. The van der Waals surface area contributed by atoms with Crippen LogP contribution in [0.3, 0.4) is 0 Å². The van der Waals surface area contributed by atoms with Crippen LogP contribution in [0.1, 0.15) is 33.8 Å². The molecule has 18 heavy (non-hydrogen) atoms. The summed E-state index contributed by atoms with van der Waals surface area (Å²) >= 11 is 7.45. The summed E-state index contributed by atoms with van der Waals surface area (Å²) < 4.78 is 0. The Labute approximate surface area is 118 Å². The van der Waals surface area contributed by atoms with E-state index < -0.39 is 0 Å². The van der Waals surface area contributed by atoms with Crippen LogP contribution in [0.5, 0.6) is 0 Å². The fourth-order valence-electron chi connectivity index (χ4n) is 2.14. The van der Waals surface area contributed by atoms with Gasteiger partial charge in [-0.25, -0.2) is 4.98 Å². The van der Waals surface area contributed by atoms with E-state index in [0.717, 1.165) is 19.3 Å². The van der Waals surface area contributed by atoms with Crippen molar-refractivity contribution in [1.82, 2.24) is 4.98 Å². The van der Waals surface area contributed by atoms with Crippen LogP contribution in [0, 0.1) is 13.8 Å². The second-order valence-corrected chi connectivity index (χ2v) is 6.02. The lowest BCUT2D eigenvalue weighted by Crippen LogP contribution is -1.92. The molecule has 1 nitrogen and oxygen atoms in total. The summed E-state index contributed by atoms with van der Waals surface area (Å²) in [5, 5.41) is 3.36. The van der Waals surface area contributed by atoms with Gasteiger partial charge in [0.15, 0.2) is 0 Å². The number of thiazole rings is 1. The zero-order valence-corrected chi connectivity index (χ0v) is 12.4. The summed E-state index contributed by atoms with van der Waals surface area (Å²) in [5.74, 6) is 0.712. The maximum Gasteiger partial charge on any atom is 0.0972 e. The maximum absolute atomic E-state index is 5.70. The standard InChI is InChI=1S/C15H18ClNS/c1-11-6-12(2)8-13(7-11)9-15-17-14(10-18-15)4-3-5-16/h6-8,10H,3-5,9H2,1-2H3. The highest BCUT2D eigenvalue weighted by Gasteiger charge is 2.04. The number of nitrogens with zero attached hydrogens (tertiary/aromatic N) is 1. The van der Waals surface area contributed by atoms with Gasteiger partial charge in [-0.05, 0) is 32.3 Å². The van der Waals surface area contributed by atoms with Gasteiger partial charge >= 0.3 is 0 Å². The van der Waals surface area contributed by atoms with Gasteiger partial charge < -0.3 is 0 Å². The van der Waals surface area contributed by atoms with E-state index >= 15 is 0 Å². The molecule has 0 aliphatic heterocycles. The van der Waals surface area contributed by atoms with Crippen molar-refractivity contribution in [2.75, 3.05) is 5.88 Å². The lowest BCUT2D eigenvalue weighted by atomic mass is 10.1. The average molecular weight is 280 g/mol. The van der Waals surface area contributed by atoms with Crippen LogP contribution in [0.15, 0.2) is 23.6 Å². The minimum absolute atomic E-state index is 0.712. The smallest absolute Gasteiger partial charge is 0.0972 e. The monoisotopic (exact) mass is 279 g/mol. The van der Waals surface area contributed by atoms with Crippen molar-refractivity contribution >= 4 is 22.9 Å². The van der Waals surface area contributed by atoms with Crippen molar-refractivity contribution in [3.8, 4) is 0 Å². The normalized spacial score (nSPS) is 10.8. The average Bonchev–Trinajstić information content (AvgIpc) is 2.72. The highest BCUT2D eigenvalue weighted by atomic mass is 35.5. The minimum Gasteiger partial charge on any atom is -0.246 e. The highest BCUT2D eigenvalue weighted by Crippen LogP contribution is 2.18. The van der Waals surface area contributed by atoms with E-state index in [2.05, 4.69) is 42.4 Å². The molecule has 0 N–H and O–H groups in total. The van der Waals surface area contributed by atoms with Gasteiger partial charge in [0.1, 0.15) is 0 Å². The SMILES string of the molecule is Cc1cc(C)cc(Cc2nc(CCCCl)cs2)c1. The molecule has 1 aromatic carbocycles. The number of rotatable bonds is 5. The first-order valence-corrected chi connectivity index (χ1v) is 7.65. The van der Waals surface area contributed by atoms with E-state index in [0.29, 0.717) is 5.88 Å². The van der Waals surface area contributed by atoms with E-state index in [4.69, 9.17) is 11.6 Å². The van der Waals surface area contributed by atoms with Crippen LogP contribution in [-0.4, -0.2) is 10.9 Å². The number of hydrogen-bond donors (Lipinski definition) is 0. The number of aromatic nitrogens is 1. The Morgan fingerprint density at radius 2 is 1.89 bits per heavy atom. The molecule has 0 radical (unpaired) electrons. The number of halogens is 1. The molecule has 0 atom stereocenters. The van der Waals surface area contributed by atoms with Gasteiger partial charge in [0.2, 0.25) is 0 Å². The largest absolute Gasteiger partial charge is 0.246 e. The molecule has 1 aromatic heterocycles. The second kappa shape index (κ2) is 6.35. The third-order valence-electron chi connectivity index (χ3n) is 2.80. The minimum atomic E-state index is 0.712. The molecular weight excluding hydrogens is 262 g/mol. The first kappa shape index (κ1) is 13.6. The van der Waals surface area contributed by atoms with E-state index in [1.807, 2.05) is 0 Å². The van der Waals surface area contributed by atoms with Crippen molar-refractivity contribution in [3.05, 3.63) is 51.0 Å². The molecule has 2 aromatic rings. The zero-order valence-electron chi connectivity index (χ0n) is 10.9. The lowest BCUT2D eigenvalue weighted by molar-refractivity contribution is 0.889. The summed E-state index contributed by atoms with van der Waals surface area (Å²) in [6.45, 7) is 4.29. The number of hydrogen-bond acceptors (Lipinski definition) is 2. The molecule has 0 saturated heterocycles.